The van der Waals surface area contributed by atoms with Crippen molar-refractivity contribution in [3.8, 4) is 5.75 Å². The first kappa shape index (κ1) is 15.6. The molecule has 2 rings (SSSR count). The van der Waals surface area contributed by atoms with Crippen molar-refractivity contribution in [1.29, 1.82) is 0 Å². The fourth-order valence-electron chi connectivity index (χ4n) is 2.83. The van der Waals surface area contributed by atoms with E-state index in [2.05, 4.69) is 55.8 Å². The van der Waals surface area contributed by atoms with E-state index in [1.807, 2.05) is 12.1 Å². The third kappa shape index (κ3) is 3.48. The monoisotopic (exact) mass is 286 g/mol. The molecule has 114 valence electrons. The Kier molecular flexibility index (Phi) is 5.07. The number of aryl methyl sites for hydroxylation is 1. The standard InChI is InChI=1S/C18H26N2O/c1-6-20-13(2)10-17(15(20)4)12-19-14(3)16-8-7-9-18(11-16)21-5/h7-11,14,19H,6,12H2,1-5H3/t14-/m0/s1. The summed E-state index contributed by atoms with van der Waals surface area (Å²) in [6.07, 6.45) is 0. The first-order valence-corrected chi connectivity index (χ1v) is 7.59. The van der Waals surface area contributed by atoms with Crippen molar-refractivity contribution in [2.24, 2.45) is 0 Å². The predicted molar refractivity (Wildman–Crippen MR) is 87.8 cm³/mol. The van der Waals surface area contributed by atoms with E-state index in [-0.39, 0.29) is 0 Å². The molecule has 0 bridgehead atoms. The third-order valence-electron chi connectivity index (χ3n) is 4.19. The van der Waals surface area contributed by atoms with Gasteiger partial charge >= 0.3 is 0 Å². The molecule has 0 fully saturated rings. The lowest BCUT2D eigenvalue weighted by atomic mass is 10.1. The zero-order valence-corrected chi connectivity index (χ0v) is 13.7. The number of nitrogens with zero attached hydrogens (tertiary/aromatic N) is 1. The molecule has 0 spiro atoms. The molecule has 3 nitrogen and oxygen atoms in total. The predicted octanol–water partition coefficient (Wildman–Crippen LogP) is 3.98. The molecule has 0 unspecified atom stereocenters. The van der Waals surface area contributed by atoms with E-state index >= 15 is 0 Å². The Labute approximate surface area is 127 Å². The Morgan fingerprint density at radius 1 is 1.24 bits per heavy atom. The molecule has 21 heavy (non-hydrogen) atoms. The van der Waals surface area contributed by atoms with Gasteiger partial charge in [0, 0.05) is 30.5 Å². The molecule has 0 radical (unpaired) electrons. The SMILES string of the molecule is CCn1c(C)cc(CN[C@@H](C)c2cccc(OC)c2)c1C. The van der Waals surface area contributed by atoms with Gasteiger partial charge < -0.3 is 14.6 Å². The van der Waals surface area contributed by atoms with Gasteiger partial charge in [0.1, 0.15) is 5.75 Å². The summed E-state index contributed by atoms with van der Waals surface area (Å²) in [7, 11) is 1.71. The van der Waals surface area contributed by atoms with Crippen LogP contribution in [0.3, 0.4) is 0 Å². The summed E-state index contributed by atoms with van der Waals surface area (Å²) < 4.78 is 7.64. The van der Waals surface area contributed by atoms with Gasteiger partial charge in [-0.15, -0.1) is 0 Å². The van der Waals surface area contributed by atoms with Crippen LogP contribution in [0.1, 0.15) is 42.4 Å². The average Bonchev–Trinajstić information content (AvgIpc) is 2.78. The number of ether oxygens (including phenoxy) is 1. The lowest BCUT2D eigenvalue weighted by molar-refractivity contribution is 0.413. The summed E-state index contributed by atoms with van der Waals surface area (Å²) >= 11 is 0. The highest BCUT2D eigenvalue weighted by Gasteiger charge is 2.10. The van der Waals surface area contributed by atoms with Crippen LogP contribution in [-0.2, 0) is 13.1 Å². The number of methoxy groups -OCH3 is 1. The van der Waals surface area contributed by atoms with E-state index in [0.717, 1.165) is 18.8 Å². The molecular weight excluding hydrogens is 260 g/mol. The minimum absolute atomic E-state index is 0.296. The van der Waals surface area contributed by atoms with Crippen LogP contribution in [0.5, 0.6) is 5.75 Å². The van der Waals surface area contributed by atoms with Crippen LogP contribution in [0.4, 0.5) is 0 Å². The summed E-state index contributed by atoms with van der Waals surface area (Å²) in [5.41, 5.74) is 5.32. The van der Waals surface area contributed by atoms with Gasteiger partial charge in [-0.2, -0.15) is 0 Å². The smallest absolute Gasteiger partial charge is 0.119 e. The van der Waals surface area contributed by atoms with Gasteiger partial charge in [-0.25, -0.2) is 0 Å². The van der Waals surface area contributed by atoms with Crippen molar-refractivity contribution in [2.45, 2.75) is 46.8 Å². The fraction of sp³-hybridized carbons (Fsp3) is 0.444. The van der Waals surface area contributed by atoms with Gasteiger partial charge in [0.15, 0.2) is 0 Å². The number of benzene rings is 1. The Hall–Kier alpha value is -1.74. The second kappa shape index (κ2) is 6.81. The van der Waals surface area contributed by atoms with E-state index in [9.17, 15) is 0 Å². The van der Waals surface area contributed by atoms with Crippen molar-refractivity contribution >= 4 is 0 Å². The minimum atomic E-state index is 0.296. The summed E-state index contributed by atoms with van der Waals surface area (Å²) in [4.78, 5) is 0. The maximum atomic E-state index is 5.29. The summed E-state index contributed by atoms with van der Waals surface area (Å²) in [5, 5.41) is 3.60. The third-order valence-corrected chi connectivity index (χ3v) is 4.19. The quantitative estimate of drug-likeness (QED) is 0.869. The highest BCUT2D eigenvalue weighted by atomic mass is 16.5. The van der Waals surface area contributed by atoms with Gasteiger partial charge in [0.05, 0.1) is 7.11 Å². The topological polar surface area (TPSA) is 26.2 Å². The van der Waals surface area contributed by atoms with Gasteiger partial charge in [-0.1, -0.05) is 12.1 Å². The second-order valence-corrected chi connectivity index (χ2v) is 5.52. The van der Waals surface area contributed by atoms with E-state index in [1.54, 1.807) is 7.11 Å². The minimum Gasteiger partial charge on any atom is -0.497 e. The normalized spacial score (nSPS) is 12.4. The van der Waals surface area contributed by atoms with E-state index < -0.39 is 0 Å². The molecule has 0 saturated heterocycles. The highest BCUT2D eigenvalue weighted by Crippen LogP contribution is 2.20. The van der Waals surface area contributed by atoms with Crippen LogP contribution in [0, 0.1) is 13.8 Å². The van der Waals surface area contributed by atoms with Gasteiger partial charge in [-0.05, 0) is 57.0 Å². The van der Waals surface area contributed by atoms with Crippen molar-refractivity contribution < 1.29 is 4.74 Å². The molecule has 2 aromatic rings. The number of rotatable bonds is 6. The highest BCUT2D eigenvalue weighted by molar-refractivity contribution is 5.31. The van der Waals surface area contributed by atoms with Gasteiger partial charge in [0.25, 0.3) is 0 Å². The van der Waals surface area contributed by atoms with Gasteiger partial charge in [-0.3, -0.25) is 0 Å². The number of nitrogens with one attached hydrogen (secondary N) is 1. The second-order valence-electron chi connectivity index (χ2n) is 5.52. The molecule has 0 aliphatic heterocycles. The van der Waals surface area contributed by atoms with Crippen molar-refractivity contribution in [3.05, 3.63) is 52.8 Å². The molecule has 0 saturated carbocycles. The van der Waals surface area contributed by atoms with Crippen LogP contribution in [0.2, 0.25) is 0 Å². The Bertz CT molecular complexity index is 601. The van der Waals surface area contributed by atoms with Crippen LogP contribution < -0.4 is 10.1 Å². The van der Waals surface area contributed by atoms with Crippen LogP contribution in [0.15, 0.2) is 30.3 Å². The summed E-state index contributed by atoms with van der Waals surface area (Å²) in [6, 6.07) is 10.8. The van der Waals surface area contributed by atoms with E-state index in [4.69, 9.17) is 4.74 Å². The molecule has 0 aliphatic carbocycles. The zero-order valence-electron chi connectivity index (χ0n) is 13.7. The molecule has 0 aliphatic rings. The molecule has 3 heteroatoms. The van der Waals surface area contributed by atoms with Crippen LogP contribution in [-0.4, -0.2) is 11.7 Å². The van der Waals surface area contributed by atoms with Crippen molar-refractivity contribution in [2.75, 3.05) is 7.11 Å². The van der Waals surface area contributed by atoms with Crippen LogP contribution >= 0.6 is 0 Å². The molecular formula is C18H26N2O. The first-order valence-electron chi connectivity index (χ1n) is 7.59. The number of hydrogen-bond acceptors (Lipinski definition) is 2. The van der Waals surface area contributed by atoms with Crippen molar-refractivity contribution in [3.63, 3.8) is 0 Å². The number of hydrogen-bond donors (Lipinski definition) is 1. The molecule has 1 atom stereocenters. The largest absolute Gasteiger partial charge is 0.497 e. The van der Waals surface area contributed by atoms with Gasteiger partial charge in [0.2, 0.25) is 0 Å². The lowest BCUT2D eigenvalue weighted by Crippen LogP contribution is -2.18. The summed E-state index contributed by atoms with van der Waals surface area (Å²) in [6.45, 7) is 10.7. The van der Waals surface area contributed by atoms with E-state index in [0.29, 0.717) is 6.04 Å². The Morgan fingerprint density at radius 3 is 2.62 bits per heavy atom. The maximum absolute atomic E-state index is 5.29. The lowest BCUT2D eigenvalue weighted by Gasteiger charge is -2.15. The van der Waals surface area contributed by atoms with Crippen LogP contribution in [0.25, 0.3) is 0 Å². The summed E-state index contributed by atoms with van der Waals surface area (Å²) in [5.74, 6) is 0.908. The van der Waals surface area contributed by atoms with E-state index in [1.165, 1.54) is 22.5 Å². The molecule has 1 heterocycles. The maximum Gasteiger partial charge on any atom is 0.119 e. The number of aromatic nitrogens is 1. The Balaban J connectivity index is 2.05. The first-order chi connectivity index (χ1) is 10.1. The Morgan fingerprint density at radius 2 is 2.00 bits per heavy atom. The fourth-order valence-corrected chi connectivity index (χ4v) is 2.83. The van der Waals surface area contributed by atoms with Crippen molar-refractivity contribution in [1.82, 2.24) is 9.88 Å². The molecule has 1 aromatic heterocycles. The molecule has 1 N–H and O–H groups in total. The molecule has 0 amide bonds. The molecule has 1 aromatic carbocycles. The average molecular weight is 286 g/mol. The zero-order chi connectivity index (χ0) is 15.4.